The van der Waals surface area contributed by atoms with Crippen molar-refractivity contribution in [2.24, 2.45) is 0 Å². The molecular formula is C22H21N3O. The highest BCUT2D eigenvalue weighted by Crippen LogP contribution is 2.35. The summed E-state index contributed by atoms with van der Waals surface area (Å²) in [6.07, 6.45) is 2.88. The largest absolute Gasteiger partial charge is 0.439 e. The van der Waals surface area contributed by atoms with E-state index in [0.717, 1.165) is 36.7 Å². The number of aromatic amines is 1. The summed E-state index contributed by atoms with van der Waals surface area (Å²) in [6, 6.07) is 19.0. The molecule has 0 unspecified atom stereocenters. The molecule has 0 saturated carbocycles. The lowest BCUT2D eigenvalue weighted by atomic mass is 9.98. The number of hydrogen-bond donors (Lipinski definition) is 1. The number of rotatable bonds is 3. The zero-order valence-corrected chi connectivity index (χ0v) is 14.8. The highest BCUT2D eigenvalue weighted by Gasteiger charge is 2.28. The van der Waals surface area contributed by atoms with Crippen molar-refractivity contribution in [1.82, 2.24) is 14.9 Å². The number of nitrogens with zero attached hydrogens (tertiary/aromatic N) is 2. The molecule has 0 radical (unpaired) electrons. The molecule has 4 heteroatoms. The average Bonchev–Trinajstić information content (AvgIpc) is 3.30. The third-order valence-electron chi connectivity index (χ3n) is 5.41. The van der Waals surface area contributed by atoms with Crippen LogP contribution in [0.1, 0.15) is 30.1 Å². The van der Waals surface area contributed by atoms with Gasteiger partial charge >= 0.3 is 0 Å². The Morgan fingerprint density at radius 2 is 1.92 bits per heavy atom. The minimum Gasteiger partial charge on any atom is -0.439 e. The molecule has 1 atom stereocenters. The van der Waals surface area contributed by atoms with Gasteiger partial charge in [0.15, 0.2) is 5.76 Å². The zero-order chi connectivity index (χ0) is 17.5. The predicted octanol–water partition coefficient (Wildman–Crippen LogP) is 4.94. The van der Waals surface area contributed by atoms with Crippen molar-refractivity contribution in [3.63, 3.8) is 0 Å². The van der Waals surface area contributed by atoms with Crippen LogP contribution in [0.5, 0.6) is 0 Å². The van der Waals surface area contributed by atoms with Crippen LogP contribution in [0.3, 0.4) is 0 Å². The fourth-order valence-corrected chi connectivity index (χ4v) is 3.99. The molecule has 0 amide bonds. The third kappa shape index (κ3) is 2.54. The Bertz CT molecular complexity index is 1050. The molecule has 1 aliphatic rings. The van der Waals surface area contributed by atoms with Gasteiger partial charge in [-0.2, -0.15) is 0 Å². The number of nitrogens with one attached hydrogen (secondary N) is 1. The van der Waals surface area contributed by atoms with Crippen LogP contribution in [0, 0.1) is 0 Å². The second-order valence-corrected chi connectivity index (χ2v) is 6.94. The maximum absolute atomic E-state index is 6.00. The summed E-state index contributed by atoms with van der Waals surface area (Å²) < 4.78 is 6.00. The van der Waals surface area contributed by atoms with Gasteiger partial charge in [0.2, 0.25) is 5.89 Å². The zero-order valence-electron chi connectivity index (χ0n) is 14.8. The SMILES string of the molecule is C[C@H]1c2[nH]c3ccccc3c2CCN1Cc1ncc(-c2ccccc2)o1. The summed E-state index contributed by atoms with van der Waals surface area (Å²) in [5.74, 6) is 1.60. The number of oxazole rings is 1. The van der Waals surface area contributed by atoms with Gasteiger partial charge in [0.25, 0.3) is 0 Å². The molecule has 26 heavy (non-hydrogen) atoms. The van der Waals surface area contributed by atoms with E-state index >= 15 is 0 Å². The van der Waals surface area contributed by atoms with E-state index in [0.29, 0.717) is 6.04 Å². The van der Waals surface area contributed by atoms with Crippen LogP contribution in [-0.2, 0) is 13.0 Å². The highest BCUT2D eigenvalue weighted by molar-refractivity contribution is 5.85. The number of para-hydroxylation sites is 1. The van der Waals surface area contributed by atoms with Crippen molar-refractivity contribution in [3.05, 3.63) is 77.9 Å². The lowest BCUT2D eigenvalue weighted by molar-refractivity contribution is 0.170. The van der Waals surface area contributed by atoms with Crippen molar-refractivity contribution >= 4 is 10.9 Å². The molecule has 0 spiro atoms. The van der Waals surface area contributed by atoms with E-state index in [4.69, 9.17) is 4.42 Å². The van der Waals surface area contributed by atoms with Crippen LogP contribution in [0.2, 0.25) is 0 Å². The Morgan fingerprint density at radius 3 is 2.81 bits per heavy atom. The van der Waals surface area contributed by atoms with E-state index in [1.165, 1.54) is 22.2 Å². The van der Waals surface area contributed by atoms with E-state index in [1.54, 1.807) is 0 Å². The van der Waals surface area contributed by atoms with E-state index in [1.807, 2.05) is 36.5 Å². The molecule has 1 N–H and O–H groups in total. The molecule has 2 aromatic heterocycles. The van der Waals surface area contributed by atoms with Crippen molar-refractivity contribution in [2.75, 3.05) is 6.54 Å². The second-order valence-electron chi connectivity index (χ2n) is 6.94. The van der Waals surface area contributed by atoms with Gasteiger partial charge in [-0.1, -0.05) is 48.5 Å². The summed E-state index contributed by atoms with van der Waals surface area (Å²) >= 11 is 0. The molecule has 130 valence electrons. The Hall–Kier alpha value is -2.85. The Balaban J connectivity index is 1.40. The number of fused-ring (bicyclic) bond motifs is 3. The lowest BCUT2D eigenvalue weighted by Crippen LogP contribution is -2.33. The summed E-state index contributed by atoms with van der Waals surface area (Å²) in [5.41, 5.74) is 5.08. The summed E-state index contributed by atoms with van der Waals surface area (Å²) in [5, 5.41) is 1.36. The monoisotopic (exact) mass is 343 g/mol. The fraction of sp³-hybridized carbons (Fsp3) is 0.227. The van der Waals surface area contributed by atoms with Gasteiger partial charge in [0.1, 0.15) is 0 Å². The molecule has 4 nitrogen and oxygen atoms in total. The van der Waals surface area contributed by atoms with Crippen molar-refractivity contribution in [2.45, 2.75) is 25.9 Å². The smallest absolute Gasteiger partial charge is 0.209 e. The minimum atomic E-state index is 0.318. The van der Waals surface area contributed by atoms with Crippen LogP contribution < -0.4 is 0 Å². The second kappa shape index (κ2) is 6.15. The first-order valence-electron chi connectivity index (χ1n) is 9.13. The predicted molar refractivity (Wildman–Crippen MR) is 103 cm³/mol. The van der Waals surface area contributed by atoms with Gasteiger partial charge in [-0.3, -0.25) is 4.90 Å². The first-order chi connectivity index (χ1) is 12.8. The van der Waals surface area contributed by atoms with Gasteiger partial charge in [-0.05, 0) is 25.0 Å². The molecule has 5 rings (SSSR count). The van der Waals surface area contributed by atoms with Crippen LogP contribution in [-0.4, -0.2) is 21.4 Å². The van der Waals surface area contributed by atoms with Crippen LogP contribution in [0.15, 0.2) is 65.2 Å². The van der Waals surface area contributed by atoms with Crippen molar-refractivity contribution < 1.29 is 4.42 Å². The molecule has 0 bridgehead atoms. The first kappa shape index (κ1) is 15.4. The Morgan fingerprint density at radius 1 is 1.12 bits per heavy atom. The van der Waals surface area contributed by atoms with Crippen LogP contribution >= 0.6 is 0 Å². The summed E-state index contributed by atoms with van der Waals surface area (Å²) in [7, 11) is 0. The van der Waals surface area contributed by atoms with E-state index in [-0.39, 0.29) is 0 Å². The number of H-pyrrole nitrogens is 1. The Labute approximate surface area is 152 Å². The molecule has 0 saturated heterocycles. The molecule has 3 heterocycles. The van der Waals surface area contributed by atoms with Gasteiger partial charge < -0.3 is 9.40 Å². The quantitative estimate of drug-likeness (QED) is 0.573. The van der Waals surface area contributed by atoms with Crippen LogP contribution in [0.4, 0.5) is 0 Å². The van der Waals surface area contributed by atoms with E-state index < -0.39 is 0 Å². The third-order valence-corrected chi connectivity index (χ3v) is 5.41. The lowest BCUT2D eigenvalue weighted by Gasteiger charge is -2.32. The van der Waals surface area contributed by atoms with E-state index in [9.17, 15) is 0 Å². The fourth-order valence-electron chi connectivity index (χ4n) is 3.99. The van der Waals surface area contributed by atoms with Crippen molar-refractivity contribution in [3.8, 4) is 11.3 Å². The first-order valence-corrected chi connectivity index (χ1v) is 9.13. The van der Waals surface area contributed by atoms with Gasteiger partial charge in [-0.15, -0.1) is 0 Å². The maximum Gasteiger partial charge on any atom is 0.209 e. The number of benzene rings is 2. The molecule has 0 aliphatic carbocycles. The molecule has 1 aliphatic heterocycles. The summed E-state index contributed by atoms with van der Waals surface area (Å²) in [6.45, 7) is 4.00. The number of hydrogen-bond acceptors (Lipinski definition) is 3. The molecular weight excluding hydrogens is 322 g/mol. The maximum atomic E-state index is 6.00. The Kier molecular flexibility index (Phi) is 3.64. The van der Waals surface area contributed by atoms with Gasteiger partial charge in [0.05, 0.1) is 12.7 Å². The topological polar surface area (TPSA) is 45.1 Å². The van der Waals surface area contributed by atoms with Crippen LogP contribution in [0.25, 0.3) is 22.2 Å². The number of aromatic nitrogens is 2. The minimum absolute atomic E-state index is 0.318. The van der Waals surface area contributed by atoms with Gasteiger partial charge in [0, 0.05) is 34.7 Å². The molecule has 0 fully saturated rings. The summed E-state index contributed by atoms with van der Waals surface area (Å²) in [4.78, 5) is 10.6. The molecule has 4 aromatic rings. The highest BCUT2D eigenvalue weighted by atomic mass is 16.4. The van der Waals surface area contributed by atoms with Gasteiger partial charge in [-0.25, -0.2) is 4.98 Å². The van der Waals surface area contributed by atoms with Crippen molar-refractivity contribution in [1.29, 1.82) is 0 Å². The molecule has 2 aromatic carbocycles. The van der Waals surface area contributed by atoms with E-state index in [2.05, 4.69) is 46.1 Å². The normalized spacial score (nSPS) is 17.5. The average molecular weight is 343 g/mol. The standard InChI is InChI=1S/C22H21N3O/c1-15-22-18(17-9-5-6-10-19(17)24-22)11-12-25(15)14-21-23-13-20(26-21)16-7-3-2-4-8-16/h2-10,13,15,24H,11-12,14H2,1H3/t15-/m0/s1.